The van der Waals surface area contributed by atoms with E-state index in [0.29, 0.717) is 0 Å². The van der Waals surface area contributed by atoms with Crippen LogP contribution in [0.25, 0.3) is 0 Å². The van der Waals surface area contributed by atoms with E-state index < -0.39 is 28.5 Å². The summed E-state index contributed by atoms with van der Waals surface area (Å²) in [6, 6.07) is 1.07. The summed E-state index contributed by atoms with van der Waals surface area (Å²) in [5, 5.41) is 10.0. The number of methoxy groups -OCH3 is 1. The Labute approximate surface area is 114 Å². The standard InChI is InChI=1S/C10H13NO6S2/c1-3-11(5-9(12)17-2)19(15,16)7-4-8(10(13)14)18-6-7/h4,6H,3,5H2,1-2H3,(H,13,14). The number of hydrogen-bond acceptors (Lipinski definition) is 6. The quantitative estimate of drug-likeness (QED) is 0.774. The molecule has 0 amide bonds. The second-order valence-electron chi connectivity index (χ2n) is 3.46. The van der Waals surface area contributed by atoms with Crippen LogP contribution < -0.4 is 0 Å². The maximum atomic E-state index is 12.2. The average Bonchev–Trinajstić information content (AvgIpc) is 2.85. The van der Waals surface area contributed by atoms with Crippen LogP contribution >= 0.6 is 11.3 Å². The summed E-state index contributed by atoms with van der Waals surface area (Å²) in [6.07, 6.45) is 0. The van der Waals surface area contributed by atoms with E-state index in [2.05, 4.69) is 4.74 Å². The molecule has 0 fully saturated rings. The lowest BCUT2D eigenvalue weighted by Gasteiger charge is -2.18. The topological polar surface area (TPSA) is 101 Å². The first-order valence-corrected chi connectivity index (χ1v) is 7.53. The monoisotopic (exact) mass is 307 g/mol. The number of carboxylic acids is 1. The highest BCUT2D eigenvalue weighted by atomic mass is 32.2. The molecule has 0 saturated heterocycles. The summed E-state index contributed by atoms with van der Waals surface area (Å²) < 4.78 is 29.7. The van der Waals surface area contributed by atoms with E-state index in [4.69, 9.17) is 5.11 Å². The van der Waals surface area contributed by atoms with Gasteiger partial charge < -0.3 is 9.84 Å². The molecule has 0 unspecified atom stereocenters. The number of rotatable bonds is 6. The molecule has 1 aromatic rings. The molecule has 0 aliphatic carbocycles. The van der Waals surface area contributed by atoms with Crippen LogP contribution in [0.2, 0.25) is 0 Å². The fourth-order valence-electron chi connectivity index (χ4n) is 1.29. The van der Waals surface area contributed by atoms with Gasteiger partial charge in [-0.1, -0.05) is 6.92 Å². The van der Waals surface area contributed by atoms with Gasteiger partial charge >= 0.3 is 11.9 Å². The number of sulfonamides is 1. The number of carbonyl (C=O) groups excluding carboxylic acids is 1. The van der Waals surface area contributed by atoms with Crippen molar-refractivity contribution in [2.45, 2.75) is 11.8 Å². The summed E-state index contributed by atoms with van der Waals surface area (Å²) in [5.41, 5.74) is 0. The Kier molecular flexibility index (Phi) is 5.04. The Morgan fingerprint density at radius 2 is 2.11 bits per heavy atom. The van der Waals surface area contributed by atoms with Crippen molar-refractivity contribution in [2.24, 2.45) is 0 Å². The van der Waals surface area contributed by atoms with Crippen LogP contribution in [-0.2, 0) is 19.6 Å². The molecule has 0 radical (unpaired) electrons. The van der Waals surface area contributed by atoms with Gasteiger partial charge in [0.05, 0.1) is 12.0 Å². The molecule has 0 saturated carbocycles. The number of ether oxygens (including phenoxy) is 1. The SMILES string of the molecule is CCN(CC(=O)OC)S(=O)(=O)c1csc(C(=O)O)c1. The van der Waals surface area contributed by atoms with Crippen LogP contribution in [0.3, 0.4) is 0 Å². The van der Waals surface area contributed by atoms with E-state index in [1.807, 2.05) is 0 Å². The molecule has 7 nitrogen and oxygen atoms in total. The molecule has 0 aliphatic rings. The van der Waals surface area contributed by atoms with Gasteiger partial charge in [0.15, 0.2) is 0 Å². The number of likely N-dealkylation sites (N-methyl/N-ethyl adjacent to an activating group) is 1. The zero-order valence-corrected chi connectivity index (χ0v) is 12.0. The van der Waals surface area contributed by atoms with Crippen LogP contribution in [0, 0.1) is 0 Å². The predicted molar refractivity (Wildman–Crippen MR) is 67.7 cm³/mol. The lowest BCUT2D eigenvalue weighted by molar-refractivity contribution is -0.140. The van der Waals surface area contributed by atoms with Crippen molar-refractivity contribution in [1.82, 2.24) is 4.31 Å². The minimum absolute atomic E-state index is 0.0762. The molecule has 9 heteroatoms. The smallest absolute Gasteiger partial charge is 0.345 e. The third-order valence-corrected chi connectivity index (χ3v) is 5.28. The molecular weight excluding hydrogens is 294 g/mol. The zero-order valence-electron chi connectivity index (χ0n) is 10.3. The van der Waals surface area contributed by atoms with E-state index in [1.54, 1.807) is 6.92 Å². The van der Waals surface area contributed by atoms with Gasteiger partial charge in [-0.3, -0.25) is 4.79 Å². The molecule has 0 aliphatic heterocycles. The lowest BCUT2D eigenvalue weighted by Crippen LogP contribution is -2.35. The van der Waals surface area contributed by atoms with Crippen molar-refractivity contribution in [1.29, 1.82) is 0 Å². The largest absolute Gasteiger partial charge is 0.477 e. The van der Waals surface area contributed by atoms with E-state index in [0.717, 1.165) is 28.8 Å². The Balaban J connectivity index is 3.06. The van der Waals surface area contributed by atoms with Crippen molar-refractivity contribution in [3.05, 3.63) is 16.3 Å². The Morgan fingerprint density at radius 3 is 2.53 bits per heavy atom. The minimum Gasteiger partial charge on any atom is -0.477 e. The van der Waals surface area contributed by atoms with Crippen molar-refractivity contribution in [3.8, 4) is 0 Å². The fourth-order valence-corrected chi connectivity index (χ4v) is 3.78. The number of hydrogen-bond donors (Lipinski definition) is 1. The van der Waals surface area contributed by atoms with E-state index in [9.17, 15) is 18.0 Å². The Bertz CT molecular complexity index is 577. The van der Waals surface area contributed by atoms with Crippen LogP contribution in [-0.4, -0.2) is 50.0 Å². The zero-order chi connectivity index (χ0) is 14.6. The molecule has 1 heterocycles. The molecule has 0 bridgehead atoms. The van der Waals surface area contributed by atoms with Gasteiger partial charge in [0.25, 0.3) is 0 Å². The summed E-state index contributed by atoms with van der Waals surface area (Å²) in [7, 11) is -2.73. The molecule has 19 heavy (non-hydrogen) atoms. The Hall–Kier alpha value is -1.45. The van der Waals surface area contributed by atoms with E-state index in [-0.39, 0.29) is 16.3 Å². The first kappa shape index (κ1) is 15.6. The second-order valence-corrected chi connectivity index (χ2v) is 6.31. The number of esters is 1. The highest BCUT2D eigenvalue weighted by Crippen LogP contribution is 2.22. The third kappa shape index (κ3) is 3.52. The van der Waals surface area contributed by atoms with Gasteiger partial charge in [0, 0.05) is 11.9 Å². The number of aromatic carboxylic acids is 1. The van der Waals surface area contributed by atoms with Gasteiger partial charge in [-0.15, -0.1) is 11.3 Å². The number of carboxylic acid groups (broad SMARTS) is 1. The summed E-state index contributed by atoms with van der Waals surface area (Å²) in [4.78, 5) is 21.7. The molecule has 1 aromatic heterocycles. The first-order valence-electron chi connectivity index (χ1n) is 5.21. The normalized spacial score (nSPS) is 11.5. The highest BCUT2D eigenvalue weighted by Gasteiger charge is 2.27. The van der Waals surface area contributed by atoms with Crippen molar-refractivity contribution >= 4 is 33.3 Å². The Morgan fingerprint density at radius 1 is 1.47 bits per heavy atom. The minimum atomic E-state index is -3.89. The summed E-state index contributed by atoms with van der Waals surface area (Å²) in [6.45, 7) is 1.24. The number of carbonyl (C=O) groups is 2. The number of nitrogens with zero attached hydrogens (tertiary/aromatic N) is 1. The van der Waals surface area contributed by atoms with Gasteiger partial charge in [0.1, 0.15) is 11.4 Å². The van der Waals surface area contributed by atoms with E-state index in [1.165, 1.54) is 5.38 Å². The van der Waals surface area contributed by atoms with Gasteiger partial charge in [-0.25, -0.2) is 13.2 Å². The van der Waals surface area contributed by atoms with Crippen molar-refractivity contribution in [3.63, 3.8) is 0 Å². The average molecular weight is 307 g/mol. The molecule has 106 valence electrons. The van der Waals surface area contributed by atoms with Crippen molar-refractivity contribution < 1.29 is 27.9 Å². The molecule has 1 N–H and O–H groups in total. The molecular formula is C10H13NO6S2. The first-order chi connectivity index (χ1) is 8.82. The number of thiophene rings is 1. The second kappa shape index (κ2) is 6.13. The van der Waals surface area contributed by atoms with Crippen LogP contribution in [0.1, 0.15) is 16.6 Å². The predicted octanol–water partition coefficient (Wildman–Crippen LogP) is 0.630. The van der Waals surface area contributed by atoms with Crippen LogP contribution in [0.5, 0.6) is 0 Å². The maximum absolute atomic E-state index is 12.2. The van der Waals surface area contributed by atoms with Gasteiger partial charge in [-0.2, -0.15) is 4.31 Å². The summed E-state index contributed by atoms with van der Waals surface area (Å²) in [5.74, 6) is -1.87. The van der Waals surface area contributed by atoms with Crippen LogP contribution in [0.15, 0.2) is 16.3 Å². The van der Waals surface area contributed by atoms with E-state index >= 15 is 0 Å². The van der Waals surface area contributed by atoms with Crippen LogP contribution in [0.4, 0.5) is 0 Å². The maximum Gasteiger partial charge on any atom is 0.345 e. The molecule has 1 rings (SSSR count). The van der Waals surface area contributed by atoms with Crippen molar-refractivity contribution in [2.75, 3.05) is 20.2 Å². The lowest BCUT2D eigenvalue weighted by atomic mass is 10.5. The fraction of sp³-hybridized carbons (Fsp3) is 0.400. The highest BCUT2D eigenvalue weighted by molar-refractivity contribution is 7.89. The summed E-state index contributed by atoms with van der Waals surface area (Å²) >= 11 is 0.816. The molecule has 0 atom stereocenters. The van der Waals surface area contributed by atoms with Gasteiger partial charge in [0.2, 0.25) is 10.0 Å². The van der Waals surface area contributed by atoms with Gasteiger partial charge in [-0.05, 0) is 6.07 Å². The third-order valence-electron chi connectivity index (χ3n) is 2.31. The molecule has 0 aromatic carbocycles. The molecule has 0 spiro atoms.